The Balaban J connectivity index is 0.000000397. The first kappa shape index (κ1) is 20.6. The van der Waals surface area contributed by atoms with Gasteiger partial charge in [-0.3, -0.25) is 20.7 Å². The van der Waals surface area contributed by atoms with Crippen molar-refractivity contribution in [1.82, 2.24) is 0 Å². The fraction of sp³-hybridized carbons (Fsp3) is 0.133. The molecule has 0 heterocycles. The van der Waals surface area contributed by atoms with Crippen molar-refractivity contribution in [3.8, 4) is 0 Å². The maximum absolute atomic E-state index is 10.8. The number of benzene rings is 2. The van der Waals surface area contributed by atoms with Crippen LogP contribution in [0.25, 0.3) is 0 Å². The van der Waals surface area contributed by atoms with Crippen molar-refractivity contribution < 1.29 is 15.2 Å². The Morgan fingerprint density at radius 1 is 1.05 bits per heavy atom. The maximum Gasteiger partial charge on any atom is 0.247 e. The molecule has 1 amide bonds. The number of carbonyl (C=O) groups is 1. The topological polar surface area (TPSA) is 72.8 Å². The second kappa shape index (κ2) is 10.3. The van der Waals surface area contributed by atoms with Crippen LogP contribution in [-0.2, 0) is 4.79 Å². The minimum atomic E-state index is -0.415. The summed E-state index contributed by atoms with van der Waals surface area (Å²) in [5, 5.41) is 18.3. The van der Waals surface area contributed by atoms with Gasteiger partial charge in [-0.25, -0.2) is 0 Å². The second-order valence-electron chi connectivity index (χ2n) is 3.87. The molecular weight excluding hydrogens is 416 g/mol. The van der Waals surface area contributed by atoms with Gasteiger partial charge in [-0.1, -0.05) is 31.7 Å². The van der Waals surface area contributed by atoms with Crippen molar-refractivity contribution in [2.24, 2.45) is 0 Å². The molecule has 0 spiro atoms. The van der Waals surface area contributed by atoms with Crippen molar-refractivity contribution in [1.29, 1.82) is 0 Å². The zero-order chi connectivity index (χ0) is 15.8. The molecule has 0 aliphatic heterocycles. The van der Waals surface area contributed by atoms with Gasteiger partial charge in [0.2, 0.25) is 5.91 Å². The molecule has 0 saturated heterocycles. The van der Waals surface area contributed by atoms with Crippen LogP contribution in [0.5, 0.6) is 0 Å². The third kappa shape index (κ3) is 6.15. The lowest BCUT2D eigenvalue weighted by atomic mass is 10.3. The molecule has 7 heteroatoms. The molecule has 0 aliphatic carbocycles. The molecule has 0 atom stereocenters. The van der Waals surface area contributed by atoms with Gasteiger partial charge in [0.1, 0.15) is 0 Å². The summed E-state index contributed by atoms with van der Waals surface area (Å²) in [5.74, 6) is -0.415. The average Bonchev–Trinajstić information content (AvgIpc) is 2.48. The lowest BCUT2D eigenvalue weighted by molar-refractivity contribution is -0.121. The van der Waals surface area contributed by atoms with E-state index in [4.69, 9.17) is 5.21 Å². The highest BCUT2D eigenvalue weighted by Gasteiger charge is 2.09. The minimum Gasteiger partial charge on any atom is -0.291 e. The lowest BCUT2D eigenvalue weighted by Gasteiger charge is -2.13. The molecule has 0 saturated carbocycles. The number of amides is 1. The Morgan fingerprint density at radius 3 is 1.95 bits per heavy atom. The Labute approximate surface area is 146 Å². The third-order valence-corrected chi connectivity index (χ3v) is 3.74. The Hall–Kier alpha value is -1.41. The largest absolute Gasteiger partial charge is 0.291 e. The van der Waals surface area contributed by atoms with Gasteiger partial charge < -0.3 is 0 Å². The highest BCUT2D eigenvalue weighted by Crippen LogP contribution is 2.24. The number of para-hydroxylation sites is 2. The van der Waals surface area contributed by atoms with E-state index in [0.29, 0.717) is 20.9 Å². The van der Waals surface area contributed by atoms with Crippen LogP contribution in [0.2, 0.25) is 0 Å². The number of anilines is 2. The summed E-state index contributed by atoms with van der Waals surface area (Å²) in [5.41, 5.74) is 3.18. The molecule has 2 aromatic carbocycles. The van der Waals surface area contributed by atoms with Crippen LogP contribution in [0.3, 0.4) is 0 Å². The van der Waals surface area contributed by atoms with Crippen molar-refractivity contribution >= 4 is 49.1 Å². The second-order valence-corrected chi connectivity index (χ2v) is 5.58. The fourth-order valence-corrected chi connectivity index (χ4v) is 2.17. The predicted octanol–water partition coefficient (Wildman–Crippen LogP) is 5.08. The summed E-state index contributed by atoms with van der Waals surface area (Å²) in [4.78, 5) is 10.8. The van der Waals surface area contributed by atoms with Gasteiger partial charge in [-0.15, -0.1) is 0 Å². The van der Waals surface area contributed by atoms with Gasteiger partial charge in [0.05, 0.1) is 11.4 Å². The number of nitrogens with zero attached hydrogens (tertiary/aromatic N) is 1. The standard InChI is InChI=1S/C8H8BrNO2.C6H6BrNO.CH4/c1-6(11)10(12)8-5-3-2-4-7(8)9;7-5-3-1-2-4-6(5)8-9;/h2-5,12H,1H3;1-4,8-9H;1H4. The van der Waals surface area contributed by atoms with Gasteiger partial charge in [0.25, 0.3) is 0 Å². The molecular formula is C15H18Br2N2O3. The first-order valence-electron chi connectivity index (χ1n) is 5.86. The van der Waals surface area contributed by atoms with E-state index >= 15 is 0 Å². The lowest BCUT2D eigenvalue weighted by Crippen LogP contribution is -2.23. The molecule has 2 rings (SSSR count). The molecule has 0 unspecified atom stereocenters. The zero-order valence-electron chi connectivity index (χ0n) is 11.1. The average molecular weight is 434 g/mol. The number of hydrogen-bond donors (Lipinski definition) is 3. The molecule has 0 radical (unpaired) electrons. The summed E-state index contributed by atoms with van der Waals surface area (Å²) >= 11 is 6.45. The molecule has 0 fully saturated rings. The van der Waals surface area contributed by atoms with Gasteiger partial charge in [-0.2, -0.15) is 5.06 Å². The highest BCUT2D eigenvalue weighted by atomic mass is 79.9. The van der Waals surface area contributed by atoms with Crippen LogP contribution in [0.4, 0.5) is 11.4 Å². The number of hydrogen-bond acceptors (Lipinski definition) is 4. The number of rotatable bonds is 2. The highest BCUT2D eigenvalue weighted by molar-refractivity contribution is 9.11. The molecule has 0 aliphatic rings. The van der Waals surface area contributed by atoms with Crippen molar-refractivity contribution in [2.75, 3.05) is 10.5 Å². The first-order chi connectivity index (χ1) is 9.97. The molecule has 22 heavy (non-hydrogen) atoms. The summed E-state index contributed by atoms with van der Waals surface area (Å²) < 4.78 is 1.54. The van der Waals surface area contributed by atoms with Crippen LogP contribution in [0.1, 0.15) is 14.4 Å². The van der Waals surface area contributed by atoms with Crippen LogP contribution >= 0.6 is 31.9 Å². The quantitative estimate of drug-likeness (QED) is 0.456. The van der Waals surface area contributed by atoms with E-state index in [1.807, 2.05) is 29.7 Å². The smallest absolute Gasteiger partial charge is 0.247 e. The summed E-state index contributed by atoms with van der Waals surface area (Å²) in [6, 6.07) is 14.3. The van der Waals surface area contributed by atoms with E-state index in [9.17, 15) is 10.0 Å². The van der Waals surface area contributed by atoms with E-state index in [1.54, 1.807) is 24.3 Å². The van der Waals surface area contributed by atoms with Crippen molar-refractivity contribution in [3.63, 3.8) is 0 Å². The SMILES string of the molecule is C.CC(=O)N(O)c1ccccc1Br.ONc1ccccc1Br. The minimum absolute atomic E-state index is 0. The van der Waals surface area contributed by atoms with E-state index in [-0.39, 0.29) is 7.43 Å². The summed E-state index contributed by atoms with van der Waals surface area (Å²) in [6.07, 6.45) is 0. The molecule has 3 N–H and O–H groups in total. The van der Waals surface area contributed by atoms with Gasteiger partial charge >= 0.3 is 0 Å². The molecule has 5 nitrogen and oxygen atoms in total. The number of halogens is 2. The monoisotopic (exact) mass is 432 g/mol. The molecule has 120 valence electrons. The predicted molar refractivity (Wildman–Crippen MR) is 95.4 cm³/mol. The van der Waals surface area contributed by atoms with E-state index in [2.05, 4.69) is 31.9 Å². The van der Waals surface area contributed by atoms with Crippen LogP contribution in [0.15, 0.2) is 57.5 Å². The van der Waals surface area contributed by atoms with Crippen LogP contribution in [-0.4, -0.2) is 16.3 Å². The Kier molecular flexibility index (Phi) is 9.68. The zero-order valence-corrected chi connectivity index (χ0v) is 14.3. The van der Waals surface area contributed by atoms with E-state index in [0.717, 1.165) is 4.47 Å². The molecule has 0 bridgehead atoms. The normalized spacial score (nSPS) is 8.95. The molecule has 2 aromatic rings. The summed E-state index contributed by atoms with van der Waals surface area (Å²) in [7, 11) is 0. The Morgan fingerprint density at radius 2 is 1.55 bits per heavy atom. The van der Waals surface area contributed by atoms with Crippen LogP contribution < -0.4 is 10.5 Å². The number of nitrogens with one attached hydrogen (secondary N) is 1. The van der Waals surface area contributed by atoms with Gasteiger partial charge in [-0.05, 0) is 56.1 Å². The van der Waals surface area contributed by atoms with Crippen molar-refractivity contribution in [2.45, 2.75) is 14.4 Å². The van der Waals surface area contributed by atoms with Crippen LogP contribution in [0, 0.1) is 0 Å². The van der Waals surface area contributed by atoms with Gasteiger partial charge in [0, 0.05) is 15.9 Å². The maximum atomic E-state index is 10.8. The van der Waals surface area contributed by atoms with Crippen molar-refractivity contribution in [3.05, 3.63) is 57.5 Å². The van der Waals surface area contributed by atoms with E-state index in [1.165, 1.54) is 6.92 Å². The number of carbonyl (C=O) groups excluding carboxylic acids is 1. The van der Waals surface area contributed by atoms with Gasteiger partial charge in [0.15, 0.2) is 0 Å². The van der Waals surface area contributed by atoms with E-state index < -0.39 is 5.91 Å². The third-order valence-electron chi connectivity index (χ3n) is 2.37. The summed E-state index contributed by atoms with van der Waals surface area (Å²) in [6.45, 7) is 1.29. The first-order valence-corrected chi connectivity index (χ1v) is 7.44. The number of hydroxylamine groups is 1. The Bertz CT molecular complexity index is 609. The fourth-order valence-electron chi connectivity index (χ4n) is 1.35. The molecule has 0 aromatic heterocycles.